The van der Waals surface area contributed by atoms with Gasteiger partial charge in [0.05, 0.1) is 12.7 Å². The van der Waals surface area contributed by atoms with E-state index >= 15 is 0 Å². The molecule has 1 aliphatic rings. The molecular weight excluding hydrogens is 166 g/mol. The van der Waals surface area contributed by atoms with E-state index in [1.807, 2.05) is 0 Å². The number of hydrogen-bond acceptors (Lipinski definition) is 3. The molecule has 0 aromatic rings. The van der Waals surface area contributed by atoms with Gasteiger partial charge in [-0.1, -0.05) is 13.3 Å². The Kier molecular flexibility index (Phi) is 4.70. The smallest absolute Gasteiger partial charge is 0.0900 e. The number of aliphatic hydroxyl groups excluding tert-OH is 1. The molecule has 1 N–H and O–H groups in total. The van der Waals surface area contributed by atoms with E-state index in [1.165, 1.54) is 12.8 Å². The third-order valence-electron chi connectivity index (χ3n) is 2.78. The van der Waals surface area contributed by atoms with Crippen LogP contribution in [0.4, 0.5) is 0 Å². The first kappa shape index (κ1) is 11.0. The summed E-state index contributed by atoms with van der Waals surface area (Å²) in [5.74, 6) is 0.842. The van der Waals surface area contributed by atoms with E-state index < -0.39 is 0 Å². The van der Waals surface area contributed by atoms with Gasteiger partial charge in [0.15, 0.2) is 0 Å². The molecule has 1 aliphatic heterocycles. The normalized spacial score (nSPS) is 26.5. The van der Waals surface area contributed by atoms with E-state index in [2.05, 4.69) is 11.8 Å². The largest absolute Gasteiger partial charge is 0.389 e. The topological polar surface area (TPSA) is 32.7 Å². The van der Waals surface area contributed by atoms with Crippen LogP contribution >= 0.6 is 0 Å². The summed E-state index contributed by atoms with van der Waals surface area (Å²) < 4.78 is 4.89. The highest BCUT2D eigenvalue weighted by atomic mass is 16.5. The number of likely N-dealkylation sites (tertiary alicyclic amines) is 1. The van der Waals surface area contributed by atoms with Crippen LogP contribution in [0, 0.1) is 5.92 Å². The van der Waals surface area contributed by atoms with Gasteiger partial charge in [-0.15, -0.1) is 0 Å². The van der Waals surface area contributed by atoms with E-state index in [0.29, 0.717) is 6.61 Å². The minimum Gasteiger partial charge on any atom is -0.389 e. The van der Waals surface area contributed by atoms with Crippen LogP contribution in [0.1, 0.15) is 19.8 Å². The number of ether oxygens (including phenoxy) is 1. The van der Waals surface area contributed by atoms with E-state index in [1.54, 1.807) is 7.11 Å². The van der Waals surface area contributed by atoms with Crippen LogP contribution in [0.5, 0.6) is 0 Å². The predicted molar refractivity (Wildman–Crippen MR) is 52.7 cm³/mol. The molecule has 78 valence electrons. The molecule has 0 amide bonds. The van der Waals surface area contributed by atoms with Crippen LogP contribution in [0.25, 0.3) is 0 Å². The number of rotatable bonds is 5. The summed E-state index contributed by atoms with van der Waals surface area (Å²) >= 11 is 0. The fraction of sp³-hybridized carbons (Fsp3) is 1.00. The van der Waals surface area contributed by atoms with Gasteiger partial charge >= 0.3 is 0 Å². The Labute approximate surface area is 80.7 Å². The lowest BCUT2D eigenvalue weighted by molar-refractivity contribution is 0.0421. The highest BCUT2D eigenvalue weighted by Crippen LogP contribution is 2.18. The first-order chi connectivity index (χ1) is 6.26. The molecule has 0 radical (unpaired) electrons. The fourth-order valence-electron chi connectivity index (χ4n) is 1.96. The lowest BCUT2D eigenvalue weighted by Gasteiger charge is -2.19. The molecule has 3 nitrogen and oxygen atoms in total. The summed E-state index contributed by atoms with van der Waals surface area (Å²) in [5, 5.41) is 9.50. The second-order valence-electron chi connectivity index (χ2n) is 3.93. The number of hydrogen-bond donors (Lipinski definition) is 1. The Hall–Kier alpha value is -0.120. The van der Waals surface area contributed by atoms with Gasteiger partial charge in [0.25, 0.3) is 0 Å². The Bertz CT molecular complexity index is 141. The molecule has 2 unspecified atom stereocenters. The SMILES string of the molecule is CCC1CCN(CC(O)COC)C1. The van der Waals surface area contributed by atoms with Gasteiger partial charge in [0, 0.05) is 20.2 Å². The minimum absolute atomic E-state index is 0.319. The molecule has 13 heavy (non-hydrogen) atoms. The third kappa shape index (κ3) is 3.63. The molecule has 3 heteroatoms. The zero-order valence-electron chi connectivity index (χ0n) is 8.70. The monoisotopic (exact) mass is 187 g/mol. The number of aliphatic hydroxyl groups is 1. The van der Waals surface area contributed by atoms with Crippen LogP contribution in [-0.2, 0) is 4.74 Å². The van der Waals surface area contributed by atoms with E-state index in [-0.39, 0.29) is 6.10 Å². The molecule has 1 rings (SSSR count). The van der Waals surface area contributed by atoms with Crippen LogP contribution in [0.3, 0.4) is 0 Å². The second kappa shape index (κ2) is 5.58. The molecule has 0 aromatic carbocycles. The Morgan fingerprint density at radius 1 is 1.62 bits per heavy atom. The summed E-state index contributed by atoms with van der Waals surface area (Å²) in [4.78, 5) is 2.33. The van der Waals surface area contributed by atoms with Gasteiger partial charge in [-0.05, 0) is 18.9 Å². The van der Waals surface area contributed by atoms with Gasteiger partial charge in [-0.2, -0.15) is 0 Å². The van der Waals surface area contributed by atoms with Gasteiger partial charge < -0.3 is 14.7 Å². The van der Waals surface area contributed by atoms with Gasteiger partial charge in [-0.3, -0.25) is 0 Å². The van der Waals surface area contributed by atoms with E-state index in [0.717, 1.165) is 25.6 Å². The van der Waals surface area contributed by atoms with E-state index in [9.17, 15) is 5.11 Å². The lowest BCUT2D eigenvalue weighted by Crippen LogP contribution is -2.33. The van der Waals surface area contributed by atoms with Crippen LogP contribution in [0.15, 0.2) is 0 Å². The maximum Gasteiger partial charge on any atom is 0.0900 e. The molecule has 2 atom stereocenters. The molecule has 1 fully saturated rings. The van der Waals surface area contributed by atoms with Crippen molar-refractivity contribution in [1.29, 1.82) is 0 Å². The third-order valence-corrected chi connectivity index (χ3v) is 2.78. The molecule has 0 aromatic heterocycles. The number of β-amino-alcohol motifs (C(OH)–C–C–N with tert-alkyl or cyclic N) is 1. The summed E-state index contributed by atoms with van der Waals surface area (Å²) in [6, 6.07) is 0. The molecule has 1 heterocycles. The maximum absolute atomic E-state index is 9.50. The summed E-state index contributed by atoms with van der Waals surface area (Å²) in [5.41, 5.74) is 0. The van der Waals surface area contributed by atoms with E-state index in [4.69, 9.17) is 4.74 Å². The molecule has 1 saturated heterocycles. The summed E-state index contributed by atoms with van der Waals surface area (Å²) in [6.07, 6.45) is 2.23. The van der Waals surface area contributed by atoms with Crippen molar-refractivity contribution in [2.75, 3.05) is 33.4 Å². The van der Waals surface area contributed by atoms with Crippen molar-refractivity contribution in [2.45, 2.75) is 25.9 Å². The fourth-order valence-corrected chi connectivity index (χ4v) is 1.96. The average Bonchev–Trinajstić information content (AvgIpc) is 2.52. The summed E-state index contributed by atoms with van der Waals surface area (Å²) in [7, 11) is 1.63. The van der Waals surface area contributed by atoms with Crippen molar-refractivity contribution in [3.63, 3.8) is 0 Å². The van der Waals surface area contributed by atoms with Crippen molar-refractivity contribution in [2.24, 2.45) is 5.92 Å². The molecule has 0 aliphatic carbocycles. The van der Waals surface area contributed by atoms with Crippen molar-refractivity contribution < 1.29 is 9.84 Å². The first-order valence-corrected chi connectivity index (χ1v) is 5.15. The summed E-state index contributed by atoms with van der Waals surface area (Å²) in [6.45, 7) is 5.74. The zero-order valence-corrected chi connectivity index (χ0v) is 8.70. The highest BCUT2D eigenvalue weighted by Gasteiger charge is 2.22. The Morgan fingerprint density at radius 3 is 2.92 bits per heavy atom. The van der Waals surface area contributed by atoms with Crippen molar-refractivity contribution in [3.8, 4) is 0 Å². The lowest BCUT2D eigenvalue weighted by atomic mass is 10.1. The van der Waals surface area contributed by atoms with Gasteiger partial charge in [0.2, 0.25) is 0 Å². The second-order valence-corrected chi connectivity index (χ2v) is 3.93. The molecule has 0 bridgehead atoms. The standard InChI is InChI=1S/C10H21NO2/c1-3-9-4-5-11(6-9)7-10(12)8-13-2/h9-10,12H,3-8H2,1-2H3. The predicted octanol–water partition coefficient (Wildman–Crippen LogP) is 0.726. The highest BCUT2D eigenvalue weighted by molar-refractivity contribution is 4.76. The average molecular weight is 187 g/mol. The quantitative estimate of drug-likeness (QED) is 0.688. The first-order valence-electron chi connectivity index (χ1n) is 5.15. The Balaban J connectivity index is 2.16. The molecule has 0 saturated carbocycles. The van der Waals surface area contributed by atoms with Crippen molar-refractivity contribution in [3.05, 3.63) is 0 Å². The Morgan fingerprint density at radius 2 is 2.38 bits per heavy atom. The number of nitrogens with zero attached hydrogens (tertiary/aromatic N) is 1. The number of methoxy groups -OCH3 is 1. The van der Waals surface area contributed by atoms with Gasteiger partial charge in [0.1, 0.15) is 0 Å². The van der Waals surface area contributed by atoms with Crippen molar-refractivity contribution >= 4 is 0 Å². The van der Waals surface area contributed by atoms with Crippen LogP contribution in [0.2, 0.25) is 0 Å². The van der Waals surface area contributed by atoms with Crippen molar-refractivity contribution in [1.82, 2.24) is 4.90 Å². The maximum atomic E-state index is 9.50. The molecule has 0 spiro atoms. The van der Waals surface area contributed by atoms with Crippen LogP contribution in [-0.4, -0.2) is 49.5 Å². The van der Waals surface area contributed by atoms with Gasteiger partial charge in [-0.25, -0.2) is 0 Å². The zero-order chi connectivity index (χ0) is 9.68. The molecular formula is C10H21NO2. The van der Waals surface area contributed by atoms with Crippen LogP contribution < -0.4 is 0 Å². The minimum atomic E-state index is -0.319.